The molecule has 8 nitrogen and oxygen atoms in total. The van der Waals surface area contributed by atoms with E-state index < -0.39 is 4.92 Å². The second-order valence-corrected chi connectivity index (χ2v) is 6.12. The van der Waals surface area contributed by atoms with Gasteiger partial charge in [-0.2, -0.15) is 5.10 Å². The van der Waals surface area contributed by atoms with Crippen molar-refractivity contribution in [1.29, 1.82) is 0 Å². The van der Waals surface area contributed by atoms with Crippen molar-refractivity contribution < 1.29 is 19.2 Å². The van der Waals surface area contributed by atoms with Gasteiger partial charge in [0.2, 0.25) is 0 Å². The predicted octanol–water partition coefficient (Wildman–Crippen LogP) is 3.75. The number of para-hydroxylation sites is 1. The van der Waals surface area contributed by atoms with Gasteiger partial charge in [0.05, 0.1) is 31.3 Å². The van der Waals surface area contributed by atoms with Crippen LogP contribution < -0.4 is 9.47 Å². The molecule has 1 aromatic heterocycles. The monoisotopic (exact) mass is 393 g/mol. The summed E-state index contributed by atoms with van der Waals surface area (Å²) in [6.07, 6.45) is 5.72. The Bertz CT molecular complexity index is 1070. The van der Waals surface area contributed by atoms with E-state index >= 15 is 0 Å². The Morgan fingerprint density at radius 3 is 2.62 bits per heavy atom. The van der Waals surface area contributed by atoms with Crippen LogP contribution in [0.5, 0.6) is 11.5 Å². The zero-order chi connectivity index (χ0) is 20.8. The topological polar surface area (TPSA) is 96.5 Å². The maximum atomic E-state index is 12.5. The molecular weight excluding hydrogens is 374 g/mol. The Morgan fingerprint density at radius 2 is 1.93 bits per heavy atom. The number of rotatable bonds is 8. The SMILES string of the molecule is COc1ccc(/C=C/C(=O)c2ccccc2OC)cc1Cn1cc([N+](=O)[O-])cn1. The van der Waals surface area contributed by atoms with Gasteiger partial charge in [-0.25, -0.2) is 0 Å². The van der Waals surface area contributed by atoms with Crippen molar-refractivity contribution in [2.24, 2.45) is 0 Å². The number of hydrogen-bond donors (Lipinski definition) is 0. The first kappa shape index (κ1) is 19.8. The number of nitrogens with zero attached hydrogens (tertiary/aromatic N) is 3. The number of carbonyl (C=O) groups excluding carboxylic acids is 1. The van der Waals surface area contributed by atoms with E-state index in [0.717, 1.165) is 11.1 Å². The molecule has 0 spiro atoms. The number of benzene rings is 2. The smallest absolute Gasteiger partial charge is 0.307 e. The number of aromatic nitrogens is 2. The van der Waals surface area contributed by atoms with Crippen LogP contribution in [-0.4, -0.2) is 34.7 Å². The van der Waals surface area contributed by atoms with Crippen molar-refractivity contribution >= 4 is 17.5 Å². The normalized spacial score (nSPS) is 10.8. The Morgan fingerprint density at radius 1 is 1.17 bits per heavy atom. The van der Waals surface area contributed by atoms with Gasteiger partial charge >= 0.3 is 5.69 Å². The summed E-state index contributed by atoms with van der Waals surface area (Å²) in [4.78, 5) is 22.8. The van der Waals surface area contributed by atoms with Gasteiger partial charge in [-0.3, -0.25) is 19.6 Å². The molecule has 3 aromatic rings. The number of carbonyl (C=O) groups is 1. The summed E-state index contributed by atoms with van der Waals surface area (Å²) < 4.78 is 12.1. The highest BCUT2D eigenvalue weighted by atomic mass is 16.6. The lowest BCUT2D eigenvalue weighted by atomic mass is 10.1. The van der Waals surface area contributed by atoms with Crippen LogP contribution in [0.4, 0.5) is 5.69 Å². The summed E-state index contributed by atoms with van der Waals surface area (Å²) in [5, 5.41) is 14.8. The summed E-state index contributed by atoms with van der Waals surface area (Å²) in [5.41, 5.74) is 1.95. The summed E-state index contributed by atoms with van der Waals surface area (Å²) in [6, 6.07) is 12.5. The lowest BCUT2D eigenvalue weighted by Gasteiger charge is -2.09. The van der Waals surface area contributed by atoms with Crippen LogP contribution in [0.2, 0.25) is 0 Å². The van der Waals surface area contributed by atoms with E-state index in [-0.39, 0.29) is 11.5 Å². The Balaban J connectivity index is 1.83. The van der Waals surface area contributed by atoms with Crippen LogP contribution in [0.3, 0.4) is 0 Å². The van der Waals surface area contributed by atoms with E-state index in [0.29, 0.717) is 23.6 Å². The van der Waals surface area contributed by atoms with Gasteiger partial charge in [0.25, 0.3) is 0 Å². The van der Waals surface area contributed by atoms with Gasteiger partial charge < -0.3 is 9.47 Å². The second-order valence-electron chi connectivity index (χ2n) is 6.12. The highest BCUT2D eigenvalue weighted by Crippen LogP contribution is 2.23. The van der Waals surface area contributed by atoms with Crippen LogP contribution in [0, 0.1) is 10.1 Å². The van der Waals surface area contributed by atoms with Crippen molar-refractivity contribution in [2.75, 3.05) is 14.2 Å². The molecule has 0 atom stereocenters. The van der Waals surface area contributed by atoms with Crippen LogP contribution in [0.25, 0.3) is 6.08 Å². The molecular formula is C21H19N3O5. The number of ether oxygens (including phenoxy) is 2. The van der Waals surface area contributed by atoms with Gasteiger partial charge in [-0.05, 0) is 35.9 Å². The quantitative estimate of drug-likeness (QED) is 0.250. The van der Waals surface area contributed by atoms with Crippen molar-refractivity contribution in [3.05, 3.63) is 87.7 Å². The maximum absolute atomic E-state index is 12.5. The number of methoxy groups -OCH3 is 2. The van der Waals surface area contributed by atoms with Gasteiger partial charge in [-0.1, -0.05) is 24.3 Å². The molecule has 0 saturated heterocycles. The first-order valence-electron chi connectivity index (χ1n) is 8.71. The fraction of sp³-hybridized carbons (Fsp3) is 0.143. The average molecular weight is 393 g/mol. The van der Waals surface area contributed by atoms with E-state index in [4.69, 9.17) is 9.47 Å². The molecule has 0 radical (unpaired) electrons. The molecule has 0 aliphatic rings. The molecule has 1 heterocycles. The molecule has 0 N–H and O–H groups in total. The lowest BCUT2D eigenvalue weighted by molar-refractivity contribution is -0.385. The molecule has 0 bridgehead atoms. The van der Waals surface area contributed by atoms with Crippen molar-refractivity contribution in [3.63, 3.8) is 0 Å². The third-order valence-corrected chi connectivity index (χ3v) is 4.27. The fourth-order valence-electron chi connectivity index (χ4n) is 2.84. The van der Waals surface area contributed by atoms with E-state index in [1.165, 1.54) is 30.3 Å². The van der Waals surface area contributed by atoms with Crippen molar-refractivity contribution in [2.45, 2.75) is 6.54 Å². The molecule has 29 heavy (non-hydrogen) atoms. The standard InChI is InChI=1S/C21H19N3O5/c1-28-20-10-8-15(7-9-19(25)18-5-3-4-6-21(18)29-2)11-16(20)13-23-14-17(12-22-23)24(26)27/h3-12,14H,13H2,1-2H3/b9-7+. The zero-order valence-corrected chi connectivity index (χ0v) is 15.9. The average Bonchev–Trinajstić information content (AvgIpc) is 3.21. The number of nitro groups is 1. The van der Waals surface area contributed by atoms with Gasteiger partial charge in [0.15, 0.2) is 5.78 Å². The number of hydrogen-bond acceptors (Lipinski definition) is 6. The molecule has 148 valence electrons. The van der Waals surface area contributed by atoms with Gasteiger partial charge in [0.1, 0.15) is 23.9 Å². The molecule has 0 aliphatic heterocycles. The predicted molar refractivity (Wildman–Crippen MR) is 107 cm³/mol. The Hall–Kier alpha value is -3.94. The van der Waals surface area contributed by atoms with Gasteiger partial charge in [-0.15, -0.1) is 0 Å². The molecule has 2 aromatic carbocycles. The molecule has 0 fully saturated rings. The minimum absolute atomic E-state index is 0.0811. The van der Waals surface area contributed by atoms with E-state index in [2.05, 4.69) is 5.10 Å². The summed E-state index contributed by atoms with van der Waals surface area (Å²) in [7, 11) is 3.07. The highest BCUT2D eigenvalue weighted by Gasteiger charge is 2.12. The third-order valence-electron chi connectivity index (χ3n) is 4.27. The maximum Gasteiger partial charge on any atom is 0.307 e. The number of ketones is 1. The molecule has 0 amide bonds. The van der Waals surface area contributed by atoms with Gasteiger partial charge in [0, 0.05) is 5.56 Å². The molecule has 0 unspecified atom stereocenters. The lowest BCUT2D eigenvalue weighted by Crippen LogP contribution is -2.03. The van der Waals surface area contributed by atoms with E-state index in [1.807, 2.05) is 12.1 Å². The summed E-state index contributed by atoms with van der Waals surface area (Å²) in [6.45, 7) is 0.291. The first-order chi connectivity index (χ1) is 14.0. The van der Waals surface area contributed by atoms with E-state index in [1.54, 1.807) is 43.5 Å². The van der Waals surface area contributed by atoms with Crippen LogP contribution >= 0.6 is 0 Å². The Labute approximate surface area is 167 Å². The van der Waals surface area contributed by atoms with E-state index in [9.17, 15) is 14.9 Å². The number of allylic oxidation sites excluding steroid dienone is 1. The summed E-state index contributed by atoms with van der Waals surface area (Å²) >= 11 is 0. The largest absolute Gasteiger partial charge is 0.496 e. The van der Waals surface area contributed by atoms with Crippen LogP contribution in [-0.2, 0) is 6.54 Å². The zero-order valence-electron chi connectivity index (χ0n) is 15.9. The summed E-state index contributed by atoms with van der Waals surface area (Å²) in [5.74, 6) is 0.955. The minimum Gasteiger partial charge on any atom is -0.496 e. The van der Waals surface area contributed by atoms with Crippen LogP contribution in [0.1, 0.15) is 21.5 Å². The first-order valence-corrected chi connectivity index (χ1v) is 8.71. The van der Waals surface area contributed by atoms with Crippen molar-refractivity contribution in [3.8, 4) is 11.5 Å². The molecule has 0 saturated carbocycles. The van der Waals surface area contributed by atoms with Crippen molar-refractivity contribution in [1.82, 2.24) is 9.78 Å². The second kappa shape index (κ2) is 8.83. The molecule has 8 heteroatoms. The minimum atomic E-state index is -0.497. The molecule has 0 aliphatic carbocycles. The van der Waals surface area contributed by atoms with Crippen LogP contribution in [0.15, 0.2) is 60.9 Å². The Kier molecular flexibility index (Phi) is 6.03. The fourth-order valence-corrected chi connectivity index (χ4v) is 2.84. The third kappa shape index (κ3) is 4.67. The highest BCUT2D eigenvalue weighted by molar-refractivity contribution is 6.08. The molecule has 3 rings (SSSR count).